The van der Waals surface area contributed by atoms with Crippen LogP contribution >= 0.6 is 0 Å². The van der Waals surface area contributed by atoms with Gasteiger partial charge in [-0.15, -0.1) is 0 Å². The van der Waals surface area contributed by atoms with Crippen molar-refractivity contribution < 1.29 is 0 Å². The lowest BCUT2D eigenvalue weighted by Crippen LogP contribution is -2.00. The van der Waals surface area contributed by atoms with Gasteiger partial charge in [0.25, 0.3) is 0 Å². The Balaban J connectivity index is 1.12. The molecule has 0 aliphatic heterocycles. The zero-order valence-electron chi connectivity index (χ0n) is 29.4. The van der Waals surface area contributed by atoms with Gasteiger partial charge in [-0.2, -0.15) is 0 Å². The summed E-state index contributed by atoms with van der Waals surface area (Å²) in [6, 6.07) is 71.2. The van der Waals surface area contributed by atoms with Crippen molar-refractivity contribution in [1.29, 1.82) is 0 Å². The fourth-order valence-electron chi connectivity index (χ4n) is 6.74. The molecule has 0 radical (unpaired) electrons. The van der Waals surface area contributed by atoms with Gasteiger partial charge in [0.1, 0.15) is 0 Å². The molecule has 0 fully saturated rings. The lowest BCUT2D eigenvalue weighted by molar-refractivity contribution is 1.07. The van der Waals surface area contributed by atoms with Crippen molar-refractivity contribution in [3.05, 3.63) is 206 Å². The summed E-state index contributed by atoms with van der Waals surface area (Å²) in [6.07, 6.45) is 0. The summed E-state index contributed by atoms with van der Waals surface area (Å²) in [5.41, 5.74) is 13.5. The van der Waals surface area contributed by atoms with Crippen molar-refractivity contribution in [2.24, 2.45) is 0 Å². The lowest BCUT2D eigenvalue weighted by Gasteiger charge is -2.13. The molecule has 9 aromatic rings. The number of hydrogen-bond acceptors (Lipinski definition) is 4. The molecule has 0 spiro atoms. The highest BCUT2D eigenvalue weighted by atomic mass is 15.0. The monoisotopic (exact) mass is 690 g/mol. The molecule has 2 heterocycles. The topological polar surface area (TPSA) is 51.6 Å². The first-order valence-electron chi connectivity index (χ1n) is 18.1. The van der Waals surface area contributed by atoms with Gasteiger partial charge in [-0.25, -0.2) is 19.9 Å². The molecule has 2 aromatic heterocycles. The molecular weight excluding hydrogens is 657 g/mol. The standard InChI is InChI=1S/C50H34N4/c1-5-16-35(17-6-1)39-24-13-27-42(30-39)45-33-46(36-18-7-2-8-19-36)51-47(34-45)43-28-14-25-40(31-43)41-26-15-29-44(32-41)50-53-48(37-20-9-3-10-21-37)52-49(54-50)38-22-11-4-12-23-38/h1-34H. The maximum atomic E-state index is 5.23. The third-order valence-corrected chi connectivity index (χ3v) is 9.51. The van der Waals surface area contributed by atoms with E-state index in [4.69, 9.17) is 19.9 Å². The van der Waals surface area contributed by atoms with E-state index in [9.17, 15) is 0 Å². The highest BCUT2D eigenvalue weighted by Crippen LogP contribution is 2.35. The first-order valence-corrected chi connectivity index (χ1v) is 18.1. The minimum atomic E-state index is 0.625. The average molecular weight is 691 g/mol. The van der Waals surface area contributed by atoms with Gasteiger partial charge in [-0.1, -0.05) is 176 Å². The summed E-state index contributed by atoms with van der Waals surface area (Å²) in [6.45, 7) is 0. The van der Waals surface area contributed by atoms with E-state index in [0.29, 0.717) is 17.5 Å². The summed E-state index contributed by atoms with van der Waals surface area (Å²) in [4.78, 5) is 20.0. The molecule has 9 rings (SSSR count). The number of hydrogen-bond donors (Lipinski definition) is 0. The van der Waals surface area contributed by atoms with Crippen molar-refractivity contribution in [2.45, 2.75) is 0 Å². The number of rotatable bonds is 8. The van der Waals surface area contributed by atoms with Crippen molar-refractivity contribution in [1.82, 2.24) is 19.9 Å². The van der Waals surface area contributed by atoms with Crippen LogP contribution in [0, 0.1) is 0 Å². The Morgan fingerprint density at radius 1 is 0.185 bits per heavy atom. The molecule has 0 bridgehead atoms. The summed E-state index contributed by atoms with van der Waals surface area (Å²) in [5, 5.41) is 0. The van der Waals surface area contributed by atoms with Gasteiger partial charge in [0, 0.05) is 27.8 Å². The van der Waals surface area contributed by atoms with Gasteiger partial charge in [0.15, 0.2) is 17.5 Å². The quantitative estimate of drug-likeness (QED) is 0.159. The van der Waals surface area contributed by atoms with Crippen molar-refractivity contribution in [2.75, 3.05) is 0 Å². The van der Waals surface area contributed by atoms with Crippen LogP contribution in [0.1, 0.15) is 0 Å². The van der Waals surface area contributed by atoms with Gasteiger partial charge >= 0.3 is 0 Å². The Morgan fingerprint density at radius 3 is 1.02 bits per heavy atom. The smallest absolute Gasteiger partial charge is 0.164 e. The summed E-state index contributed by atoms with van der Waals surface area (Å²) in [7, 11) is 0. The highest BCUT2D eigenvalue weighted by Gasteiger charge is 2.14. The molecule has 0 saturated carbocycles. The highest BCUT2D eigenvalue weighted by molar-refractivity contribution is 5.81. The Morgan fingerprint density at radius 2 is 0.500 bits per heavy atom. The zero-order valence-corrected chi connectivity index (χ0v) is 29.4. The van der Waals surface area contributed by atoms with Gasteiger partial charge in [-0.3, -0.25) is 0 Å². The Labute approximate surface area is 315 Å². The second-order valence-corrected chi connectivity index (χ2v) is 13.1. The van der Waals surface area contributed by atoms with Gasteiger partial charge in [0.2, 0.25) is 0 Å². The van der Waals surface area contributed by atoms with E-state index in [0.717, 1.165) is 61.5 Å². The van der Waals surface area contributed by atoms with E-state index in [1.54, 1.807) is 0 Å². The van der Waals surface area contributed by atoms with Crippen LogP contribution in [0.4, 0.5) is 0 Å². The summed E-state index contributed by atoms with van der Waals surface area (Å²) < 4.78 is 0. The van der Waals surface area contributed by atoms with Crippen LogP contribution in [0.15, 0.2) is 206 Å². The fraction of sp³-hybridized carbons (Fsp3) is 0. The van der Waals surface area contributed by atoms with Crippen LogP contribution in [0.5, 0.6) is 0 Å². The Kier molecular flexibility index (Phi) is 8.90. The minimum Gasteiger partial charge on any atom is -0.248 e. The second kappa shape index (κ2) is 14.7. The average Bonchev–Trinajstić information content (AvgIpc) is 3.27. The van der Waals surface area contributed by atoms with Crippen molar-refractivity contribution in [3.8, 4) is 90.1 Å². The van der Waals surface area contributed by atoms with E-state index >= 15 is 0 Å². The van der Waals surface area contributed by atoms with E-state index in [1.165, 1.54) is 11.1 Å². The van der Waals surface area contributed by atoms with Crippen LogP contribution in [0.2, 0.25) is 0 Å². The lowest BCUT2D eigenvalue weighted by atomic mass is 9.95. The van der Waals surface area contributed by atoms with Crippen molar-refractivity contribution in [3.63, 3.8) is 0 Å². The van der Waals surface area contributed by atoms with Crippen LogP contribution in [-0.4, -0.2) is 19.9 Å². The molecule has 7 aromatic carbocycles. The molecule has 54 heavy (non-hydrogen) atoms. The van der Waals surface area contributed by atoms with Gasteiger partial charge < -0.3 is 0 Å². The molecular formula is C50H34N4. The van der Waals surface area contributed by atoms with Gasteiger partial charge in [-0.05, 0) is 63.7 Å². The first kappa shape index (κ1) is 32.6. The maximum absolute atomic E-state index is 5.23. The molecule has 0 aliphatic carbocycles. The van der Waals surface area contributed by atoms with Gasteiger partial charge in [0.05, 0.1) is 11.4 Å². The molecule has 0 aliphatic rings. The molecule has 254 valence electrons. The molecule has 0 unspecified atom stereocenters. The van der Waals surface area contributed by atoms with Crippen molar-refractivity contribution >= 4 is 0 Å². The Hall–Kier alpha value is -7.30. The van der Waals surface area contributed by atoms with E-state index in [-0.39, 0.29) is 0 Å². The normalized spacial score (nSPS) is 11.0. The number of nitrogens with zero attached hydrogens (tertiary/aromatic N) is 4. The maximum Gasteiger partial charge on any atom is 0.164 e. The third kappa shape index (κ3) is 6.97. The molecule has 4 heteroatoms. The predicted octanol–water partition coefficient (Wildman–Crippen LogP) is 12.6. The number of pyridine rings is 1. The third-order valence-electron chi connectivity index (χ3n) is 9.51. The zero-order chi connectivity index (χ0) is 36.1. The minimum absolute atomic E-state index is 0.625. The van der Waals surface area contributed by atoms with Crippen LogP contribution in [-0.2, 0) is 0 Å². The largest absolute Gasteiger partial charge is 0.248 e. The molecule has 4 nitrogen and oxygen atoms in total. The summed E-state index contributed by atoms with van der Waals surface area (Å²) in [5.74, 6) is 1.91. The SMILES string of the molecule is c1ccc(-c2cccc(-c3cc(-c4ccccc4)nc(-c4cccc(-c5cccc(-c6nc(-c7ccccc7)nc(-c7ccccc7)n6)c5)c4)c3)c2)cc1. The van der Waals surface area contributed by atoms with Crippen LogP contribution < -0.4 is 0 Å². The fourth-order valence-corrected chi connectivity index (χ4v) is 6.74. The molecule has 0 atom stereocenters. The Bertz CT molecular complexity index is 2640. The van der Waals surface area contributed by atoms with E-state index < -0.39 is 0 Å². The predicted molar refractivity (Wildman–Crippen MR) is 221 cm³/mol. The first-order chi connectivity index (χ1) is 26.7. The van der Waals surface area contributed by atoms with Crippen LogP contribution in [0.25, 0.3) is 90.1 Å². The second-order valence-electron chi connectivity index (χ2n) is 13.1. The molecule has 0 amide bonds. The van der Waals surface area contributed by atoms with E-state index in [1.807, 2.05) is 66.7 Å². The van der Waals surface area contributed by atoms with Crippen LogP contribution in [0.3, 0.4) is 0 Å². The van der Waals surface area contributed by atoms with E-state index in [2.05, 4.69) is 140 Å². The number of aromatic nitrogens is 4. The number of benzene rings is 7. The molecule has 0 N–H and O–H groups in total. The summed E-state index contributed by atoms with van der Waals surface area (Å²) >= 11 is 0. The molecule has 0 saturated heterocycles.